The van der Waals surface area contributed by atoms with E-state index in [0.29, 0.717) is 28.7 Å². The third kappa shape index (κ3) is 6.76. The van der Waals surface area contributed by atoms with E-state index in [1.165, 1.54) is 40.7 Å². The Morgan fingerprint density at radius 1 is 1.05 bits per heavy atom. The molecule has 4 rings (SSSR count). The predicted octanol–water partition coefficient (Wildman–Crippen LogP) is 2.73. The molecule has 0 aliphatic rings. The summed E-state index contributed by atoms with van der Waals surface area (Å²) in [6, 6.07) is 13.7. The number of amides is 1. The van der Waals surface area contributed by atoms with Gasteiger partial charge in [-0.15, -0.1) is 5.10 Å². The molecule has 0 aliphatic carbocycles. The lowest BCUT2D eigenvalue weighted by molar-refractivity contribution is 0.0948. The van der Waals surface area contributed by atoms with Crippen LogP contribution in [0.15, 0.2) is 64.6 Å². The van der Waals surface area contributed by atoms with Gasteiger partial charge in [-0.2, -0.15) is 0 Å². The molecule has 0 saturated carbocycles. The molecule has 0 spiro atoms. The highest BCUT2D eigenvalue weighted by atomic mass is 32.2. The average molecular weight is 542 g/mol. The zero-order valence-electron chi connectivity index (χ0n) is 20.1. The van der Waals surface area contributed by atoms with Gasteiger partial charge in [0.05, 0.1) is 16.3 Å². The monoisotopic (exact) mass is 541 g/mol. The number of hydrogen-bond acceptors (Lipinski definition) is 8. The zero-order valence-corrected chi connectivity index (χ0v) is 21.7. The Balaban J connectivity index is 1.51. The largest absolute Gasteiger partial charge is 0.350 e. The van der Waals surface area contributed by atoms with Crippen LogP contribution in [0, 0.1) is 19.7 Å². The fraction of sp³-hybridized carbons (Fsp3) is 0.208. The average Bonchev–Trinajstić information content (AvgIpc) is 3.26. The maximum atomic E-state index is 13.5. The van der Waals surface area contributed by atoms with Crippen molar-refractivity contribution in [3.05, 3.63) is 88.8 Å². The summed E-state index contributed by atoms with van der Waals surface area (Å²) in [5, 5.41) is 16.7. The van der Waals surface area contributed by atoms with Crippen molar-refractivity contribution in [2.24, 2.45) is 5.14 Å². The minimum Gasteiger partial charge on any atom is -0.350 e. The van der Waals surface area contributed by atoms with Crippen LogP contribution in [0.2, 0.25) is 0 Å². The smallest absolute Gasteiger partial charge is 0.273 e. The SMILES string of the molecule is Cc1cc(C)nc(SCc2c(C(=O)NCCc3ccc(S(N)(=O)=O)cc3)nnn2-c2ccc(F)cc2)n1. The molecular formula is C24H24FN7O3S2. The van der Waals surface area contributed by atoms with E-state index in [1.807, 2.05) is 19.9 Å². The Kier molecular flexibility index (Phi) is 7.95. The number of thioether (sulfide) groups is 1. The number of aryl methyl sites for hydroxylation is 2. The number of primary sulfonamides is 1. The van der Waals surface area contributed by atoms with Crippen molar-refractivity contribution in [3.8, 4) is 5.69 Å². The number of aromatic nitrogens is 5. The molecule has 2 aromatic carbocycles. The summed E-state index contributed by atoms with van der Waals surface area (Å²) in [6.45, 7) is 4.04. The summed E-state index contributed by atoms with van der Waals surface area (Å²) in [6.07, 6.45) is 0.462. The minimum absolute atomic E-state index is 0.0209. The van der Waals surface area contributed by atoms with Crippen molar-refractivity contribution < 1.29 is 17.6 Å². The molecule has 0 fully saturated rings. The van der Waals surface area contributed by atoms with Crippen molar-refractivity contribution in [2.75, 3.05) is 6.54 Å². The summed E-state index contributed by atoms with van der Waals surface area (Å²) in [4.78, 5) is 21.9. The molecule has 0 unspecified atom stereocenters. The van der Waals surface area contributed by atoms with Crippen LogP contribution in [-0.4, -0.2) is 45.8 Å². The number of carbonyl (C=O) groups excluding carboxylic acids is 1. The Labute approximate surface area is 217 Å². The van der Waals surface area contributed by atoms with E-state index in [-0.39, 0.29) is 17.1 Å². The molecule has 37 heavy (non-hydrogen) atoms. The molecule has 4 aromatic rings. The first-order valence-electron chi connectivity index (χ1n) is 11.2. The van der Waals surface area contributed by atoms with Gasteiger partial charge in [0.1, 0.15) is 5.82 Å². The Morgan fingerprint density at radius 2 is 1.70 bits per heavy atom. The number of benzene rings is 2. The van der Waals surface area contributed by atoms with Crippen LogP contribution in [0.25, 0.3) is 5.69 Å². The molecule has 2 heterocycles. The van der Waals surface area contributed by atoms with E-state index in [0.717, 1.165) is 17.0 Å². The van der Waals surface area contributed by atoms with Crippen molar-refractivity contribution in [3.63, 3.8) is 0 Å². The summed E-state index contributed by atoms with van der Waals surface area (Å²) < 4.78 is 37.8. The van der Waals surface area contributed by atoms with Gasteiger partial charge in [0.2, 0.25) is 10.0 Å². The van der Waals surface area contributed by atoms with Crippen molar-refractivity contribution in [1.82, 2.24) is 30.3 Å². The predicted molar refractivity (Wildman–Crippen MR) is 136 cm³/mol. The number of hydrogen-bond donors (Lipinski definition) is 2. The summed E-state index contributed by atoms with van der Waals surface area (Å²) in [5.74, 6) is -0.518. The lowest BCUT2D eigenvalue weighted by atomic mass is 10.1. The molecule has 1 amide bonds. The lowest BCUT2D eigenvalue weighted by Gasteiger charge is -2.09. The van der Waals surface area contributed by atoms with Gasteiger partial charge in [0.25, 0.3) is 5.91 Å². The topological polar surface area (TPSA) is 146 Å². The van der Waals surface area contributed by atoms with Crippen molar-refractivity contribution in [1.29, 1.82) is 0 Å². The van der Waals surface area contributed by atoms with Crippen LogP contribution < -0.4 is 10.5 Å². The van der Waals surface area contributed by atoms with Gasteiger partial charge in [0, 0.05) is 23.7 Å². The minimum atomic E-state index is -3.77. The molecule has 192 valence electrons. The van der Waals surface area contributed by atoms with Crippen LogP contribution in [0.1, 0.15) is 33.1 Å². The molecule has 0 bridgehead atoms. The van der Waals surface area contributed by atoms with E-state index in [4.69, 9.17) is 5.14 Å². The molecule has 0 aliphatic heterocycles. The fourth-order valence-corrected chi connectivity index (χ4v) is 5.00. The van der Waals surface area contributed by atoms with E-state index < -0.39 is 21.7 Å². The maximum Gasteiger partial charge on any atom is 0.273 e. The van der Waals surface area contributed by atoms with E-state index >= 15 is 0 Å². The van der Waals surface area contributed by atoms with Gasteiger partial charge in [-0.1, -0.05) is 29.1 Å². The highest BCUT2D eigenvalue weighted by molar-refractivity contribution is 7.98. The Morgan fingerprint density at radius 3 is 2.32 bits per heavy atom. The van der Waals surface area contributed by atoms with Crippen LogP contribution in [0.5, 0.6) is 0 Å². The summed E-state index contributed by atoms with van der Waals surface area (Å²) in [5.41, 5.74) is 3.68. The van der Waals surface area contributed by atoms with Crippen molar-refractivity contribution in [2.45, 2.75) is 36.1 Å². The number of nitrogens with zero attached hydrogens (tertiary/aromatic N) is 5. The third-order valence-electron chi connectivity index (χ3n) is 5.30. The number of rotatable bonds is 9. The van der Waals surface area contributed by atoms with Gasteiger partial charge in [-0.05, 0) is 68.3 Å². The highest BCUT2D eigenvalue weighted by Crippen LogP contribution is 2.24. The van der Waals surface area contributed by atoms with Gasteiger partial charge < -0.3 is 5.32 Å². The number of nitrogens with one attached hydrogen (secondary N) is 1. The maximum absolute atomic E-state index is 13.5. The van der Waals surface area contributed by atoms with Crippen LogP contribution in [0.4, 0.5) is 4.39 Å². The van der Waals surface area contributed by atoms with Gasteiger partial charge in [-0.25, -0.2) is 32.6 Å². The number of nitrogens with two attached hydrogens (primary N) is 1. The Hall–Kier alpha value is -3.68. The van der Waals surface area contributed by atoms with Gasteiger partial charge in [-0.3, -0.25) is 4.79 Å². The lowest BCUT2D eigenvalue weighted by Crippen LogP contribution is -2.27. The first-order chi connectivity index (χ1) is 17.6. The number of halogens is 1. The van der Waals surface area contributed by atoms with E-state index in [9.17, 15) is 17.6 Å². The second kappa shape index (κ2) is 11.2. The van der Waals surface area contributed by atoms with Crippen LogP contribution in [0.3, 0.4) is 0 Å². The zero-order chi connectivity index (χ0) is 26.6. The number of carbonyl (C=O) groups is 1. The first-order valence-corrected chi connectivity index (χ1v) is 13.7. The van der Waals surface area contributed by atoms with E-state index in [2.05, 4.69) is 25.6 Å². The number of sulfonamides is 1. The van der Waals surface area contributed by atoms with E-state index in [1.54, 1.807) is 24.3 Å². The second-order valence-corrected chi connectivity index (χ2v) is 10.7. The molecule has 2 aromatic heterocycles. The standard InChI is InChI=1S/C24H24FN7O3S2/c1-15-13-16(2)29-24(28-15)36-14-21-22(30-31-32(21)19-7-5-18(25)6-8-19)23(33)27-12-11-17-3-9-20(10-4-17)37(26,34)35/h3-10,13H,11-12,14H2,1-2H3,(H,27,33)(H2,26,34,35). The summed E-state index contributed by atoms with van der Waals surface area (Å²) in [7, 11) is -3.77. The van der Waals surface area contributed by atoms with Crippen molar-refractivity contribution >= 4 is 27.7 Å². The molecule has 0 saturated heterocycles. The van der Waals surface area contributed by atoms with Gasteiger partial charge in [0.15, 0.2) is 10.9 Å². The summed E-state index contributed by atoms with van der Waals surface area (Å²) >= 11 is 1.34. The highest BCUT2D eigenvalue weighted by Gasteiger charge is 2.21. The second-order valence-electron chi connectivity index (χ2n) is 8.19. The molecule has 0 atom stereocenters. The van der Waals surface area contributed by atoms with Gasteiger partial charge >= 0.3 is 0 Å². The molecular weight excluding hydrogens is 517 g/mol. The fourth-order valence-electron chi connectivity index (χ4n) is 3.54. The third-order valence-corrected chi connectivity index (χ3v) is 7.09. The quantitative estimate of drug-likeness (QED) is 0.243. The van der Waals surface area contributed by atoms with Crippen LogP contribution in [-0.2, 0) is 22.2 Å². The molecule has 3 N–H and O–H groups in total. The van der Waals surface area contributed by atoms with Crippen LogP contribution >= 0.6 is 11.8 Å². The molecule has 13 heteroatoms. The normalized spacial score (nSPS) is 11.5. The first kappa shape index (κ1) is 26.4. The molecule has 10 nitrogen and oxygen atoms in total. The Bertz CT molecular complexity index is 1500. The molecule has 0 radical (unpaired) electrons.